The third kappa shape index (κ3) is 3.38. The molecule has 26 heavy (non-hydrogen) atoms. The lowest BCUT2D eigenvalue weighted by atomic mass is 10.2. The van der Waals surface area contributed by atoms with Crippen molar-refractivity contribution in [1.82, 2.24) is 4.57 Å². The number of carbonyl (C=O) groups excluding carboxylic acids is 1. The lowest BCUT2D eigenvalue weighted by Gasteiger charge is -2.10. The first-order valence-corrected chi connectivity index (χ1v) is 8.55. The van der Waals surface area contributed by atoms with Gasteiger partial charge in [0.15, 0.2) is 4.80 Å². The molecule has 0 fully saturated rings. The molecule has 5 nitrogen and oxygen atoms in total. The molecule has 0 aliphatic rings. The number of aromatic nitrogens is 1. The van der Waals surface area contributed by atoms with Gasteiger partial charge in [0.05, 0.1) is 10.2 Å². The van der Waals surface area contributed by atoms with Gasteiger partial charge in [-0.25, -0.2) is 13.6 Å². The van der Waals surface area contributed by atoms with E-state index in [0.717, 1.165) is 22.0 Å². The Kier molecular flexibility index (Phi) is 4.88. The summed E-state index contributed by atoms with van der Waals surface area (Å²) in [6.07, 6.45) is 0. The molecule has 3 rings (SSSR count). The predicted molar refractivity (Wildman–Crippen MR) is 93.4 cm³/mol. The van der Waals surface area contributed by atoms with E-state index in [9.17, 15) is 23.5 Å². The van der Waals surface area contributed by atoms with Crippen LogP contribution >= 0.6 is 22.9 Å². The van der Waals surface area contributed by atoms with Gasteiger partial charge in [-0.2, -0.15) is 4.99 Å². The van der Waals surface area contributed by atoms with Gasteiger partial charge in [-0.3, -0.25) is 4.79 Å². The summed E-state index contributed by atoms with van der Waals surface area (Å²) in [7, 11) is 0. The molecule has 9 heteroatoms. The smallest absolute Gasteiger partial charge is 0.326 e. The van der Waals surface area contributed by atoms with Crippen molar-refractivity contribution >= 4 is 45.0 Å². The zero-order valence-electron chi connectivity index (χ0n) is 13.2. The monoisotopic (exact) mass is 396 g/mol. The van der Waals surface area contributed by atoms with Gasteiger partial charge in [0.25, 0.3) is 5.91 Å². The van der Waals surface area contributed by atoms with E-state index >= 15 is 0 Å². The van der Waals surface area contributed by atoms with Gasteiger partial charge in [0.1, 0.15) is 17.7 Å². The highest BCUT2D eigenvalue weighted by atomic mass is 35.5. The first-order valence-electron chi connectivity index (χ1n) is 7.35. The molecule has 134 valence electrons. The third-order valence-electron chi connectivity index (χ3n) is 3.66. The van der Waals surface area contributed by atoms with Crippen LogP contribution < -0.4 is 4.80 Å². The molecule has 0 saturated heterocycles. The summed E-state index contributed by atoms with van der Waals surface area (Å²) in [4.78, 5) is 27.7. The lowest BCUT2D eigenvalue weighted by Crippen LogP contribution is -2.25. The zero-order valence-corrected chi connectivity index (χ0v) is 14.8. The maximum Gasteiger partial charge on any atom is 0.326 e. The fourth-order valence-corrected chi connectivity index (χ4v) is 3.68. The van der Waals surface area contributed by atoms with Gasteiger partial charge in [-0.1, -0.05) is 29.0 Å². The zero-order chi connectivity index (χ0) is 19.0. The van der Waals surface area contributed by atoms with E-state index < -0.39 is 29.6 Å². The molecule has 0 aliphatic carbocycles. The predicted octanol–water partition coefficient (Wildman–Crippen LogP) is 4.02. The summed E-state index contributed by atoms with van der Waals surface area (Å²) >= 11 is 6.62. The Morgan fingerprint density at radius 1 is 1.27 bits per heavy atom. The van der Waals surface area contributed by atoms with E-state index in [4.69, 9.17) is 11.6 Å². The second-order valence-electron chi connectivity index (χ2n) is 5.43. The molecule has 1 N–H and O–H groups in total. The number of benzene rings is 2. The largest absolute Gasteiger partial charge is 0.480 e. The Bertz CT molecular complexity index is 1110. The molecule has 1 atom stereocenters. The molecule has 0 bridgehead atoms. The van der Waals surface area contributed by atoms with Crippen molar-refractivity contribution in [3.63, 3.8) is 0 Å². The van der Waals surface area contributed by atoms with Gasteiger partial charge >= 0.3 is 5.97 Å². The van der Waals surface area contributed by atoms with Crippen LogP contribution in [0.4, 0.5) is 8.78 Å². The second-order valence-corrected chi connectivity index (χ2v) is 6.85. The number of hydrogen-bond donors (Lipinski definition) is 1. The Hall–Kier alpha value is -2.58. The molecule has 1 amide bonds. The Labute approximate surface area is 154 Å². The summed E-state index contributed by atoms with van der Waals surface area (Å²) in [6.45, 7) is 1.33. The van der Waals surface area contributed by atoms with Crippen LogP contribution in [-0.2, 0) is 4.79 Å². The topological polar surface area (TPSA) is 71.7 Å². The number of aliphatic carboxylic acids is 1. The molecule has 2 aromatic carbocycles. The molecule has 1 aromatic heterocycles. The number of carbonyl (C=O) groups is 2. The van der Waals surface area contributed by atoms with E-state index in [1.807, 2.05) is 0 Å². The van der Waals surface area contributed by atoms with Crippen LogP contribution in [0.5, 0.6) is 0 Å². The number of thiazole rings is 1. The molecule has 1 heterocycles. The van der Waals surface area contributed by atoms with E-state index in [1.54, 1.807) is 12.1 Å². The molecule has 1 unspecified atom stereocenters. The summed E-state index contributed by atoms with van der Waals surface area (Å²) in [5.74, 6) is -3.61. The van der Waals surface area contributed by atoms with Crippen LogP contribution in [0.15, 0.2) is 41.4 Å². The van der Waals surface area contributed by atoms with Crippen LogP contribution in [0, 0.1) is 11.6 Å². The van der Waals surface area contributed by atoms with Crippen molar-refractivity contribution in [2.24, 2.45) is 4.99 Å². The van der Waals surface area contributed by atoms with E-state index in [2.05, 4.69) is 4.99 Å². The standard InChI is InChI=1S/C17H11ClF2N2O3S/c1-8(16(24)25)22-13-7-11(19)6-12(20)14(13)26-17(22)21-15(23)9-3-2-4-10(18)5-9/h2-8H,1H3,(H,24,25)/b21-17-. The fraction of sp³-hybridized carbons (Fsp3) is 0.118. The van der Waals surface area contributed by atoms with Crippen molar-refractivity contribution in [1.29, 1.82) is 0 Å². The Balaban J connectivity index is 2.28. The van der Waals surface area contributed by atoms with Gasteiger partial charge in [0.2, 0.25) is 0 Å². The van der Waals surface area contributed by atoms with Crippen molar-refractivity contribution in [2.75, 3.05) is 0 Å². The minimum Gasteiger partial charge on any atom is -0.480 e. The first-order chi connectivity index (χ1) is 12.3. The molecular weight excluding hydrogens is 386 g/mol. The Morgan fingerprint density at radius 3 is 2.65 bits per heavy atom. The van der Waals surface area contributed by atoms with Crippen LogP contribution in [0.1, 0.15) is 23.3 Å². The number of carboxylic acid groups (broad SMARTS) is 1. The minimum absolute atomic E-state index is 0.0112. The van der Waals surface area contributed by atoms with E-state index in [0.29, 0.717) is 11.1 Å². The van der Waals surface area contributed by atoms with Gasteiger partial charge in [-0.05, 0) is 31.2 Å². The highest BCUT2D eigenvalue weighted by Gasteiger charge is 2.21. The normalized spacial score (nSPS) is 13.2. The van der Waals surface area contributed by atoms with Crippen molar-refractivity contribution in [3.05, 3.63) is 63.4 Å². The van der Waals surface area contributed by atoms with Gasteiger partial charge < -0.3 is 9.67 Å². The van der Waals surface area contributed by atoms with Crippen LogP contribution in [0.25, 0.3) is 10.2 Å². The third-order valence-corrected chi connectivity index (χ3v) is 4.98. The maximum absolute atomic E-state index is 14.1. The first kappa shape index (κ1) is 18.2. The summed E-state index contributed by atoms with van der Waals surface area (Å²) < 4.78 is 28.8. The van der Waals surface area contributed by atoms with Crippen LogP contribution in [-0.4, -0.2) is 21.6 Å². The number of hydrogen-bond acceptors (Lipinski definition) is 3. The average Bonchev–Trinajstić information content (AvgIpc) is 2.92. The quantitative estimate of drug-likeness (QED) is 0.726. The molecular formula is C17H11ClF2N2O3S. The second kappa shape index (κ2) is 6.97. The summed E-state index contributed by atoms with van der Waals surface area (Å²) in [5.41, 5.74) is 0.205. The highest BCUT2D eigenvalue weighted by molar-refractivity contribution is 7.16. The van der Waals surface area contributed by atoms with E-state index in [-0.39, 0.29) is 20.6 Å². The molecule has 0 spiro atoms. The SMILES string of the molecule is CC(C(=O)O)n1/c(=N/C(=O)c2cccc(Cl)c2)sc2c(F)cc(F)cc21. The number of carboxylic acids is 1. The van der Waals surface area contributed by atoms with Crippen molar-refractivity contribution < 1.29 is 23.5 Å². The van der Waals surface area contributed by atoms with E-state index in [1.165, 1.54) is 19.1 Å². The number of fused-ring (bicyclic) bond motifs is 1. The number of nitrogens with zero attached hydrogens (tertiary/aromatic N) is 2. The number of halogens is 3. The minimum atomic E-state index is -1.23. The van der Waals surface area contributed by atoms with Gasteiger partial charge in [0, 0.05) is 16.7 Å². The van der Waals surface area contributed by atoms with Crippen molar-refractivity contribution in [3.8, 4) is 0 Å². The van der Waals surface area contributed by atoms with Crippen LogP contribution in [0.3, 0.4) is 0 Å². The number of rotatable bonds is 3. The number of amides is 1. The Morgan fingerprint density at radius 2 is 2.00 bits per heavy atom. The average molecular weight is 397 g/mol. The summed E-state index contributed by atoms with van der Waals surface area (Å²) in [6, 6.07) is 6.58. The molecule has 0 saturated carbocycles. The lowest BCUT2D eigenvalue weighted by molar-refractivity contribution is -0.140. The molecule has 3 aromatic rings. The van der Waals surface area contributed by atoms with Gasteiger partial charge in [-0.15, -0.1) is 0 Å². The summed E-state index contributed by atoms with van der Waals surface area (Å²) in [5, 5.41) is 9.65. The maximum atomic E-state index is 14.1. The van der Waals surface area contributed by atoms with Crippen LogP contribution in [0.2, 0.25) is 5.02 Å². The molecule has 0 aliphatic heterocycles. The fourth-order valence-electron chi connectivity index (χ4n) is 2.40. The molecule has 0 radical (unpaired) electrons. The highest BCUT2D eigenvalue weighted by Crippen LogP contribution is 2.25. The van der Waals surface area contributed by atoms with Crippen molar-refractivity contribution in [2.45, 2.75) is 13.0 Å².